The van der Waals surface area contributed by atoms with E-state index in [4.69, 9.17) is 4.74 Å². The fraction of sp³-hybridized carbons (Fsp3) is 0.360. The van der Waals surface area contributed by atoms with Crippen LogP contribution < -0.4 is 10.1 Å². The molecule has 0 aliphatic carbocycles. The van der Waals surface area contributed by atoms with Crippen molar-refractivity contribution in [2.75, 3.05) is 20.2 Å². The van der Waals surface area contributed by atoms with Crippen LogP contribution in [0, 0.1) is 5.92 Å². The summed E-state index contributed by atoms with van der Waals surface area (Å²) in [6, 6.07) is 15.8. The summed E-state index contributed by atoms with van der Waals surface area (Å²) < 4.78 is 5.16. The number of aromatic amines is 1. The van der Waals surface area contributed by atoms with Crippen LogP contribution in [0.3, 0.4) is 0 Å². The van der Waals surface area contributed by atoms with Crippen LogP contribution in [0.4, 0.5) is 0 Å². The molecule has 6 nitrogen and oxygen atoms in total. The molecule has 1 saturated heterocycles. The molecule has 4 rings (SSSR count). The summed E-state index contributed by atoms with van der Waals surface area (Å²) in [5.74, 6) is 0.788. The number of hydrogen-bond acceptors (Lipinski definition) is 3. The number of benzene rings is 2. The van der Waals surface area contributed by atoms with Crippen LogP contribution in [-0.4, -0.2) is 41.9 Å². The third-order valence-electron chi connectivity index (χ3n) is 6.05. The van der Waals surface area contributed by atoms with Crippen LogP contribution in [0.1, 0.15) is 30.4 Å². The molecule has 0 radical (unpaired) electrons. The number of H-pyrrole nitrogens is 1. The SMILES string of the molecule is COc1ccc(CNC(=O)[C@@H]2CCCN(C(=O)CCc3c[nH]c4ccccc34)C2)cc1. The Balaban J connectivity index is 1.27. The van der Waals surface area contributed by atoms with Gasteiger partial charge in [0.15, 0.2) is 0 Å². The third kappa shape index (κ3) is 5.08. The zero-order valence-electron chi connectivity index (χ0n) is 17.9. The van der Waals surface area contributed by atoms with E-state index in [0.717, 1.165) is 41.8 Å². The van der Waals surface area contributed by atoms with E-state index in [2.05, 4.69) is 16.4 Å². The van der Waals surface area contributed by atoms with E-state index in [-0.39, 0.29) is 17.7 Å². The maximum atomic E-state index is 12.8. The lowest BCUT2D eigenvalue weighted by molar-refractivity contribution is -0.135. The van der Waals surface area contributed by atoms with Crippen molar-refractivity contribution < 1.29 is 14.3 Å². The number of amides is 2. The molecule has 162 valence electrons. The van der Waals surface area contributed by atoms with Gasteiger partial charge < -0.3 is 19.9 Å². The Labute approximate surface area is 182 Å². The van der Waals surface area contributed by atoms with Gasteiger partial charge in [-0.05, 0) is 48.6 Å². The Bertz CT molecular complexity index is 1040. The Hall–Kier alpha value is -3.28. The highest BCUT2D eigenvalue weighted by Gasteiger charge is 2.28. The summed E-state index contributed by atoms with van der Waals surface area (Å²) in [4.78, 5) is 30.6. The zero-order valence-corrected chi connectivity index (χ0v) is 17.9. The number of methoxy groups -OCH3 is 1. The van der Waals surface area contributed by atoms with Gasteiger partial charge in [0, 0.05) is 43.2 Å². The third-order valence-corrected chi connectivity index (χ3v) is 6.05. The number of carbonyl (C=O) groups excluding carboxylic acids is 2. The Morgan fingerprint density at radius 3 is 2.77 bits per heavy atom. The first kappa shape index (κ1) is 21.0. The van der Waals surface area contributed by atoms with Crippen molar-refractivity contribution in [2.45, 2.75) is 32.2 Å². The maximum Gasteiger partial charge on any atom is 0.225 e. The van der Waals surface area contributed by atoms with Crippen LogP contribution in [0.2, 0.25) is 0 Å². The average Bonchev–Trinajstić information content (AvgIpc) is 3.24. The van der Waals surface area contributed by atoms with Gasteiger partial charge in [0.05, 0.1) is 13.0 Å². The van der Waals surface area contributed by atoms with Gasteiger partial charge >= 0.3 is 0 Å². The molecule has 1 aliphatic heterocycles. The molecule has 2 N–H and O–H groups in total. The zero-order chi connectivity index (χ0) is 21.6. The predicted octanol–water partition coefficient (Wildman–Crippen LogP) is 3.66. The minimum absolute atomic E-state index is 0.0185. The highest BCUT2D eigenvalue weighted by molar-refractivity contribution is 5.84. The van der Waals surface area contributed by atoms with Crippen molar-refractivity contribution in [3.8, 4) is 5.75 Å². The molecular weight excluding hydrogens is 390 g/mol. The second-order valence-corrected chi connectivity index (χ2v) is 8.10. The number of para-hydroxylation sites is 1. The van der Waals surface area contributed by atoms with Gasteiger partial charge in [-0.25, -0.2) is 0 Å². The summed E-state index contributed by atoms with van der Waals surface area (Å²) in [6.07, 6.45) is 4.83. The van der Waals surface area contributed by atoms with E-state index in [1.807, 2.05) is 53.6 Å². The summed E-state index contributed by atoms with van der Waals surface area (Å²) in [5.41, 5.74) is 3.28. The quantitative estimate of drug-likeness (QED) is 0.614. The van der Waals surface area contributed by atoms with E-state index in [0.29, 0.717) is 25.9 Å². The lowest BCUT2D eigenvalue weighted by atomic mass is 9.96. The van der Waals surface area contributed by atoms with E-state index >= 15 is 0 Å². The van der Waals surface area contributed by atoms with Crippen LogP contribution >= 0.6 is 0 Å². The normalized spacial score (nSPS) is 16.3. The van der Waals surface area contributed by atoms with E-state index in [1.165, 1.54) is 5.39 Å². The number of aryl methyl sites for hydroxylation is 1. The minimum atomic E-state index is -0.149. The van der Waals surface area contributed by atoms with Gasteiger partial charge in [-0.3, -0.25) is 9.59 Å². The highest BCUT2D eigenvalue weighted by atomic mass is 16.5. The number of hydrogen-bond donors (Lipinski definition) is 2. The number of likely N-dealkylation sites (tertiary alicyclic amines) is 1. The second-order valence-electron chi connectivity index (χ2n) is 8.10. The molecule has 6 heteroatoms. The number of rotatable bonds is 7. The summed E-state index contributed by atoms with van der Waals surface area (Å²) in [5, 5.41) is 4.19. The molecule has 0 bridgehead atoms. The molecule has 3 aromatic rings. The van der Waals surface area contributed by atoms with Gasteiger partial charge in [0.25, 0.3) is 0 Å². The first-order valence-electron chi connectivity index (χ1n) is 10.9. The molecule has 0 unspecified atom stereocenters. The topological polar surface area (TPSA) is 74.4 Å². The first-order valence-corrected chi connectivity index (χ1v) is 10.9. The standard InChI is InChI=1S/C25H29N3O3/c1-31-21-11-8-18(9-12-21)15-27-25(30)20-5-4-14-28(17-20)24(29)13-10-19-16-26-23-7-3-2-6-22(19)23/h2-3,6-9,11-12,16,20,26H,4-5,10,13-15,17H2,1H3,(H,27,30)/t20-/m1/s1. The largest absolute Gasteiger partial charge is 0.497 e. The number of nitrogens with zero attached hydrogens (tertiary/aromatic N) is 1. The second kappa shape index (κ2) is 9.69. The highest BCUT2D eigenvalue weighted by Crippen LogP contribution is 2.21. The lowest BCUT2D eigenvalue weighted by Gasteiger charge is -2.32. The van der Waals surface area contributed by atoms with Crippen LogP contribution in [0.5, 0.6) is 5.75 Å². The lowest BCUT2D eigenvalue weighted by Crippen LogP contribution is -2.45. The molecule has 2 aromatic carbocycles. The van der Waals surface area contributed by atoms with Crippen molar-refractivity contribution >= 4 is 22.7 Å². The van der Waals surface area contributed by atoms with Crippen molar-refractivity contribution in [1.29, 1.82) is 0 Å². The molecule has 2 heterocycles. The van der Waals surface area contributed by atoms with Crippen molar-refractivity contribution in [1.82, 2.24) is 15.2 Å². The monoisotopic (exact) mass is 419 g/mol. The number of fused-ring (bicyclic) bond motifs is 1. The molecule has 0 saturated carbocycles. The molecule has 1 atom stereocenters. The molecule has 1 aliphatic rings. The predicted molar refractivity (Wildman–Crippen MR) is 121 cm³/mol. The average molecular weight is 420 g/mol. The van der Waals surface area contributed by atoms with Crippen LogP contribution in [0.15, 0.2) is 54.7 Å². The summed E-state index contributed by atoms with van der Waals surface area (Å²) in [7, 11) is 1.63. The molecule has 2 amide bonds. The van der Waals surface area contributed by atoms with E-state index in [9.17, 15) is 9.59 Å². The molecule has 1 aromatic heterocycles. The maximum absolute atomic E-state index is 12.8. The fourth-order valence-electron chi connectivity index (χ4n) is 4.23. The molecule has 1 fully saturated rings. The minimum Gasteiger partial charge on any atom is -0.497 e. The number of nitrogens with one attached hydrogen (secondary N) is 2. The van der Waals surface area contributed by atoms with Crippen molar-refractivity contribution in [2.24, 2.45) is 5.92 Å². The van der Waals surface area contributed by atoms with Crippen molar-refractivity contribution in [3.05, 3.63) is 65.9 Å². The van der Waals surface area contributed by atoms with Gasteiger partial charge in [0.1, 0.15) is 5.75 Å². The smallest absolute Gasteiger partial charge is 0.225 e. The van der Waals surface area contributed by atoms with Crippen LogP contribution in [0.25, 0.3) is 10.9 Å². The first-order chi connectivity index (χ1) is 15.1. The summed E-state index contributed by atoms with van der Waals surface area (Å²) >= 11 is 0. The Kier molecular flexibility index (Phi) is 6.55. The number of piperidine rings is 1. The van der Waals surface area contributed by atoms with Gasteiger partial charge in [-0.2, -0.15) is 0 Å². The van der Waals surface area contributed by atoms with E-state index < -0.39 is 0 Å². The van der Waals surface area contributed by atoms with Gasteiger partial charge in [-0.1, -0.05) is 30.3 Å². The molecule has 0 spiro atoms. The molecule has 31 heavy (non-hydrogen) atoms. The number of ether oxygens (including phenoxy) is 1. The fourth-order valence-corrected chi connectivity index (χ4v) is 4.23. The van der Waals surface area contributed by atoms with Crippen LogP contribution in [-0.2, 0) is 22.6 Å². The van der Waals surface area contributed by atoms with E-state index in [1.54, 1.807) is 7.11 Å². The Morgan fingerprint density at radius 2 is 1.97 bits per heavy atom. The van der Waals surface area contributed by atoms with Crippen molar-refractivity contribution in [3.63, 3.8) is 0 Å². The number of carbonyl (C=O) groups is 2. The van der Waals surface area contributed by atoms with Gasteiger partial charge in [-0.15, -0.1) is 0 Å². The number of aromatic nitrogens is 1. The Morgan fingerprint density at radius 1 is 1.16 bits per heavy atom. The summed E-state index contributed by atoms with van der Waals surface area (Å²) in [6.45, 7) is 1.71. The van der Waals surface area contributed by atoms with Gasteiger partial charge in [0.2, 0.25) is 11.8 Å². The molecular formula is C25H29N3O3.